The summed E-state index contributed by atoms with van der Waals surface area (Å²) in [5.74, 6) is 0. The maximum Gasteiger partial charge on any atom is 0.0722 e. The molecule has 0 heterocycles. The number of fused-ring (bicyclic) bond motifs is 12. The van der Waals surface area contributed by atoms with Crippen molar-refractivity contribution in [2.45, 2.75) is 37.5 Å². The Balaban J connectivity index is 0.996. The highest BCUT2D eigenvalue weighted by atomic mass is 15.1. The molecular formula is C64H47N. The lowest BCUT2D eigenvalue weighted by atomic mass is 9.68. The quantitative estimate of drug-likeness (QED) is 0.161. The minimum atomic E-state index is -0.409. The second kappa shape index (κ2) is 14.4. The molecule has 1 heteroatoms. The van der Waals surface area contributed by atoms with Crippen molar-refractivity contribution in [1.29, 1.82) is 0 Å². The van der Waals surface area contributed by atoms with Crippen LogP contribution in [0.1, 0.15) is 60.1 Å². The van der Waals surface area contributed by atoms with Crippen molar-refractivity contribution in [2.75, 3.05) is 4.90 Å². The summed E-state index contributed by atoms with van der Waals surface area (Å²) in [6.45, 7) is 4.74. The predicted molar refractivity (Wildman–Crippen MR) is 272 cm³/mol. The number of benzene rings is 9. The molecule has 65 heavy (non-hydrogen) atoms. The largest absolute Gasteiger partial charge is 0.310 e. The van der Waals surface area contributed by atoms with Gasteiger partial charge in [-0.3, -0.25) is 0 Å². The molecule has 1 atom stereocenters. The lowest BCUT2D eigenvalue weighted by molar-refractivity contribution is 0.660. The van der Waals surface area contributed by atoms with E-state index in [0.717, 1.165) is 29.9 Å². The third kappa shape index (κ3) is 5.52. The lowest BCUT2D eigenvalue weighted by Crippen LogP contribution is -2.27. The molecule has 9 aromatic carbocycles. The van der Waals surface area contributed by atoms with Crippen molar-refractivity contribution >= 4 is 22.6 Å². The highest BCUT2D eigenvalue weighted by Crippen LogP contribution is 2.65. The van der Waals surface area contributed by atoms with E-state index in [1.165, 1.54) is 100 Å². The Kier molecular flexibility index (Phi) is 8.37. The highest BCUT2D eigenvalue weighted by molar-refractivity contribution is 6.01. The monoisotopic (exact) mass is 829 g/mol. The number of nitrogens with zero attached hydrogens (tertiary/aromatic N) is 1. The molecular weight excluding hydrogens is 783 g/mol. The lowest BCUT2D eigenvalue weighted by Gasteiger charge is -2.32. The molecule has 4 aliphatic rings. The number of hydrogen-bond acceptors (Lipinski definition) is 1. The van der Waals surface area contributed by atoms with Crippen LogP contribution < -0.4 is 4.90 Å². The van der Waals surface area contributed by atoms with Gasteiger partial charge in [0.25, 0.3) is 0 Å². The third-order valence-electron chi connectivity index (χ3n) is 15.0. The average molecular weight is 830 g/mol. The Morgan fingerprint density at radius 3 is 1.69 bits per heavy atom. The Hall–Kier alpha value is -7.74. The number of anilines is 3. The number of allylic oxidation sites excluding steroid dienone is 4. The van der Waals surface area contributed by atoms with Gasteiger partial charge in [0.05, 0.1) is 5.41 Å². The first-order chi connectivity index (χ1) is 32.0. The zero-order valence-electron chi connectivity index (χ0n) is 36.7. The van der Waals surface area contributed by atoms with Crippen molar-refractivity contribution in [1.82, 2.24) is 0 Å². The fourth-order valence-corrected chi connectivity index (χ4v) is 12.0. The molecule has 308 valence electrons. The maximum atomic E-state index is 2.50. The molecule has 0 aromatic heterocycles. The smallest absolute Gasteiger partial charge is 0.0722 e. The minimum Gasteiger partial charge on any atom is -0.310 e. The van der Waals surface area contributed by atoms with Gasteiger partial charge in [0.1, 0.15) is 0 Å². The van der Waals surface area contributed by atoms with Gasteiger partial charge in [-0.2, -0.15) is 0 Å². The van der Waals surface area contributed by atoms with Gasteiger partial charge in [-0.1, -0.05) is 196 Å². The zero-order chi connectivity index (χ0) is 43.3. The highest BCUT2D eigenvalue weighted by Gasteiger charge is 2.53. The topological polar surface area (TPSA) is 3.24 Å². The SMILES string of the molecule is CC1(C)c2ccccc2-c2ccc(N(c3ccc(-c4ccccc4)cc3)c3cccc(-c4cccc5c4C4=C(C=CCC4)C54c5ccccc5-c5ccc(-c6ccccc6)cc54)c3)cc21. The van der Waals surface area contributed by atoms with Crippen LogP contribution in [0, 0.1) is 0 Å². The molecule has 0 fully saturated rings. The Morgan fingerprint density at radius 1 is 0.369 bits per heavy atom. The molecule has 0 saturated heterocycles. The van der Waals surface area contributed by atoms with Crippen molar-refractivity contribution < 1.29 is 0 Å². The molecule has 4 aliphatic carbocycles. The van der Waals surface area contributed by atoms with Crippen LogP contribution in [0.2, 0.25) is 0 Å². The second-order valence-electron chi connectivity index (χ2n) is 18.7. The summed E-state index contributed by atoms with van der Waals surface area (Å²) in [7, 11) is 0. The maximum absolute atomic E-state index is 2.50. The first-order valence-electron chi connectivity index (χ1n) is 23.1. The second-order valence-corrected chi connectivity index (χ2v) is 18.7. The van der Waals surface area contributed by atoms with Crippen LogP contribution in [-0.2, 0) is 10.8 Å². The standard InChI is InChI=1S/C64H47N/c1-63(2)56-27-12-9-23-51(56)53-38-36-49(41-60(53)63)65(47-34-31-44(32-35-47)42-17-5-3-6-18-42)48-22-15-21-46(39-48)50-26-16-30-59-62(50)55-25-11-14-29-58(55)64(59)57-28-13-10-24-52(57)54-37-33-45(40-61(54)64)43-19-7-4-8-20-43/h3-10,12-24,26-41H,11,25H2,1-2H3. The third-order valence-corrected chi connectivity index (χ3v) is 15.0. The van der Waals surface area contributed by atoms with Crippen LogP contribution in [0.15, 0.2) is 230 Å². The molecule has 1 unspecified atom stereocenters. The summed E-state index contributed by atoms with van der Waals surface area (Å²) in [4.78, 5) is 2.46. The van der Waals surface area contributed by atoms with Crippen molar-refractivity contribution in [3.8, 4) is 55.6 Å². The number of hydrogen-bond donors (Lipinski definition) is 0. The molecule has 1 nitrogen and oxygen atoms in total. The average Bonchev–Trinajstić information content (AvgIpc) is 3.93. The molecule has 9 aromatic rings. The molecule has 0 saturated carbocycles. The molecule has 0 bridgehead atoms. The normalized spacial score (nSPS) is 16.7. The summed E-state index contributed by atoms with van der Waals surface area (Å²) in [5.41, 5.74) is 26.9. The van der Waals surface area contributed by atoms with Gasteiger partial charge in [-0.15, -0.1) is 0 Å². The van der Waals surface area contributed by atoms with E-state index < -0.39 is 5.41 Å². The van der Waals surface area contributed by atoms with Crippen LogP contribution in [0.5, 0.6) is 0 Å². The molecule has 0 radical (unpaired) electrons. The molecule has 1 spiro atoms. The molecule has 0 amide bonds. The van der Waals surface area contributed by atoms with Gasteiger partial charge < -0.3 is 4.90 Å². The van der Waals surface area contributed by atoms with Gasteiger partial charge >= 0.3 is 0 Å². The minimum absolute atomic E-state index is 0.119. The van der Waals surface area contributed by atoms with Gasteiger partial charge in [-0.05, 0) is 155 Å². The van der Waals surface area contributed by atoms with E-state index in [4.69, 9.17) is 0 Å². The van der Waals surface area contributed by atoms with Crippen LogP contribution in [-0.4, -0.2) is 0 Å². The fraction of sp³-hybridized carbons (Fsp3) is 0.0938. The van der Waals surface area contributed by atoms with Crippen LogP contribution in [0.4, 0.5) is 17.1 Å². The van der Waals surface area contributed by atoms with Gasteiger partial charge in [-0.25, -0.2) is 0 Å². The Labute approximate surface area is 382 Å². The predicted octanol–water partition coefficient (Wildman–Crippen LogP) is 16.9. The van der Waals surface area contributed by atoms with E-state index in [2.05, 4.69) is 243 Å². The van der Waals surface area contributed by atoms with E-state index in [0.29, 0.717) is 0 Å². The summed E-state index contributed by atoms with van der Waals surface area (Å²) in [6.07, 6.45) is 6.92. The Bertz CT molecular complexity index is 3440. The van der Waals surface area contributed by atoms with E-state index in [-0.39, 0.29) is 5.41 Å². The van der Waals surface area contributed by atoms with E-state index in [1.54, 1.807) is 0 Å². The fourth-order valence-electron chi connectivity index (χ4n) is 12.0. The van der Waals surface area contributed by atoms with Crippen molar-refractivity contribution in [2.24, 2.45) is 0 Å². The summed E-state index contributed by atoms with van der Waals surface area (Å²) in [6, 6.07) is 79.5. The summed E-state index contributed by atoms with van der Waals surface area (Å²) >= 11 is 0. The first-order valence-corrected chi connectivity index (χ1v) is 23.1. The van der Waals surface area contributed by atoms with E-state index in [9.17, 15) is 0 Å². The van der Waals surface area contributed by atoms with Crippen LogP contribution in [0.25, 0.3) is 61.2 Å². The van der Waals surface area contributed by atoms with Crippen LogP contribution >= 0.6 is 0 Å². The zero-order valence-corrected chi connectivity index (χ0v) is 36.7. The Morgan fingerprint density at radius 2 is 0.908 bits per heavy atom. The number of rotatable bonds is 6. The molecule has 13 rings (SSSR count). The molecule has 0 aliphatic heterocycles. The summed E-state index contributed by atoms with van der Waals surface area (Å²) < 4.78 is 0. The molecule has 0 N–H and O–H groups in total. The summed E-state index contributed by atoms with van der Waals surface area (Å²) in [5, 5.41) is 0. The first kappa shape index (κ1) is 37.8. The van der Waals surface area contributed by atoms with Crippen molar-refractivity contribution in [3.05, 3.63) is 263 Å². The van der Waals surface area contributed by atoms with E-state index in [1.807, 2.05) is 0 Å². The van der Waals surface area contributed by atoms with Crippen LogP contribution in [0.3, 0.4) is 0 Å². The van der Waals surface area contributed by atoms with Gasteiger partial charge in [0, 0.05) is 22.5 Å². The van der Waals surface area contributed by atoms with Crippen molar-refractivity contribution in [3.63, 3.8) is 0 Å². The van der Waals surface area contributed by atoms with Gasteiger partial charge in [0.2, 0.25) is 0 Å². The van der Waals surface area contributed by atoms with E-state index >= 15 is 0 Å². The van der Waals surface area contributed by atoms with Gasteiger partial charge in [0.15, 0.2) is 0 Å².